The van der Waals surface area contributed by atoms with Gasteiger partial charge in [0.1, 0.15) is 11.5 Å². The van der Waals surface area contributed by atoms with Crippen molar-refractivity contribution in [3.8, 4) is 11.5 Å². The summed E-state index contributed by atoms with van der Waals surface area (Å²) in [4.78, 5) is 11.8. The van der Waals surface area contributed by atoms with E-state index in [2.05, 4.69) is 17.1 Å². The van der Waals surface area contributed by atoms with E-state index in [1.807, 2.05) is 0 Å². The minimum atomic E-state index is -0.531. The molecule has 112 valence electrons. The Hall–Kier alpha value is -3.08. The van der Waals surface area contributed by atoms with Crippen LogP contribution in [0.25, 0.3) is 0 Å². The highest BCUT2D eigenvalue weighted by Gasteiger charge is 2.09. The van der Waals surface area contributed by atoms with Gasteiger partial charge in [0.2, 0.25) is 0 Å². The fourth-order valence-electron chi connectivity index (χ4n) is 1.92. The number of allylic oxidation sites excluding steroid dienone is 1. The van der Waals surface area contributed by atoms with E-state index < -0.39 is 5.91 Å². The van der Waals surface area contributed by atoms with Gasteiger partial charge in [-0.1, -0.05) is 30.3 Å². The van der Waals surface area contributed by atoms with E-state index in [1.54, 1.807) is 36.4 Å². The van der Waals surface area contributed by atoms with E-state index >= 15 is 0 Å². The van der Waals surface area contributed by atoms with Crippen LogP contribution in [0.5, 0.6) is 11.5 Å². The molecule has 1 amide bonds. The minimum absolute atomic E-state index is 0.1000. The molecule has 22 heavy (non-hydrogen) atoms. The van der Waals surface area contributed by atoms with Gasteiger partial charge in [-0.2, -0.15) is 5.10 Å². The number of phenolic OH excluding ortho intramolecular Hbond substituents is 2. The zero-order valence-electron chi connectivity index (χ0n) is 11.9. The van der Waals surface area contributed by atoms with E-state index in [0.717, 1.165) is 5.56 Å². The second kappa shape index (κ2) is 7.08. The SMILES string of the molecule is C=CCc1cccc(/C=N\NC(=O)c2ccccc2O)c1O. The summed E-state index contributed by atoms with van der Waals surface area (Å²) in [7, 11) is 0. The molecular formula is C17H16N2O3. The molecule has 5 heteroatoms. The van der Waals surface area contributed by atoms with E-state index in [0.29, 0.717) is 12.0 Å². The number of nitrogens with one attached hydrogen (secondary N) is 1. The van der Waals surface area contributed by atoms with Crippen molar-refractivity contribution in [3.63, 3.8) is 0 Å². The maximum atomic E-state index is 11.8. The number of benzene rings is 2. The number of hydrogen-bond donors (Lipinski definition) is 3. The lowest BCUT2D eigenvalue weighted by Crippen LogP contribution is -2.17. The van der Waals surface area contributed by atoms with E-state index in [-0.39, 0.29) is 17.1 Å². The van der Waals surface area contributed by atoms with Crippen molar-refractivity contribution in [3.05, 3.63) is 71.8 Å². The van der Waals surface area contributed by atoms with Crippen LogP contribution in [0.15, 0.2) is 60.2 Å². The summed E-state index contributed by atoms with van der Waals surface area (Å²) in [5, 5.41) is 23.4. The molecule has 0 aliphatic heterocycles. The van der Waals surface area contributed by atoms with Crippen LogP contribution in [-0.2, 0) is 6.42 Å². The molecular weight excluding hydrogens is 280 g/mol. The predicted molar refractivity (Wildman–Crippen MR) is 85.2 cm³/mol. The summed E-state index contributed by atoms with van der Waals surface area (Å²) >= 11 is 0. The van der Waals surface area contributed by atoms with E-state index in [1.165, 1.54) is 18.3 Å². The molecule has 2 aromatic rings. The fourth-order valence-corrected chi connectivity index (χ4v) is 1.92. The first-order valence-corrected chi connectivity index (χ1v) is 6.66. The highest BCUT2D eigenvalue weighted by atomic mass is 16.3. The van der Waals surface area contributed by atoms with Crippen molar-refractivity contribution < 1.29 is 15.0 Å². The van der Waals surface area contributed by atoms with Crippen LogP contribution in [-0.4, -0.2) is 22.3 Å². The summed E-state index contributed by atoms with van der Waals surface area (Å²) in [6, 6.07) is 11.4. The molecule has 0 atom stereocenters. The molecule has 0 aromatic heterocycles. The average molecular weight is 296 g/mol. The third kappa shape index (κ3) is 3.52. The highest BCUT2D eigenvalue weighted by molar-refractivity contribution is 5.97. The van der Waals surface area contributed by atoms with Gasteiger partial charge in [-0.15, -0.1) is 6.58 Å². The Morgan fingerprint density at radius 1 is 1.18 bits per heavy atom. The summed E-state index contributed by atoms with van der Waals surface area (Å²) in [5.41, 5.74) is 3.65. The van der Waals surface area contributed by atoms with Crippen molar-refractivity contribution in [1.82, 2.24) is 5.43 Å². The first-order valence-electron chi connectivity index (χ1n) is 6.66. The van der Waals surface area contributed by atoms with Crippen LogP contribution < -0.4 is 5.43 Å². The van der Waals surface area contributed by atoms with Gasteiger partial charge in [0, 0.05) is 5.56 Å². The topological polar surface area (TPSA) is 81.9 Å². The number of aromatic hydroxyl groups is 2. The lowest BCUT2D eigenvalue weighted by molar-refractivity contribution is 0.0952. The van der Waals surface area contributed by atoms with Gasteiger partial charge in [-0.25, -0.2) is 5.43 Å². The number of hydrogen-bond acceptors (Lipinski definition) is 4. The Morgan fingerprint density at radius 3 is 2.68 bits per heavy atom. The first-order chi connectivity index (χ1) is 10.6. The Labute approximate surface area is 128 Å². The van der Waals surface area contributed by atoms with E-state index in [9.17, 15) is 15.0 Å². The molecule has 0 aliphatic carbocycles. The van der Waals surface area contributed by atoms with Crippen LogP contribution in [0.4, 0.5) is 0 Å². The Bertz CT molecular complexity index is 724. The summed E-state index contributed by atoms with van der Waals surface area (Å²) < 4.78 is 0. The molecule has 0 spiro atoms. The van der Waals surface area contributed by atoms with Gasteiger partial charge in [0.05, 0.1) is 11.8 Å². The van der Waals surface area contributed by atoms with Crippen LogP contribution in [0.1, 0.15) is 21.5 Å². The number of rotatable bonds is 5. The zero-order valence-corrected chi connectivity index (χ0v) is 11.9. The summed E-state index contributed by atoms with van der Waals surface area (Å²) in [5.74, 6) is -0.551. The standard InChI is InChI=1S/C17H16N2O3/c1-2-6-12-7-5-8-13(16(12)21)11-18-19-17(22)14-9-3-4-10-15(14)20/h2-5,7-11,20-21H,1,6H2,(H,19,22)/b18-11-. The van der Waals surface area contributed by atoms with Gasteiger partial charge in [-0.3, -0.25) is 4.79 Å². The van der Waals surface area contributed by atoms with Crippen molar-refractivity contribution in [2.24, 2.45) is 5.10 Å². The number of para-hydroxylation sites is 2. The van der Waals surface area contributed by atoms with E-state index in [4.69, 9.17) is 0 Å². The summed E-state index contributed by atoms with van der Waals surface area (Å²) in [6.07, 6.45) is 3.58. The number of phenols is 2. The number of carbonyl (C=O) groups is 1. The second-order valence-electron chi connectivity index (χ2n) is 4.56. The van der Waals surface area contributed by atoms with Crippen molar-refractivity contribution in [2.75, 3.05) is 0 Å². The maximum absolute atomic E-state index is 11.8. The second-order valence-corrected chi connectivity index (χ2v) is 4.56. The normalized spacial score (nSPS) is 10.5. The molecule has 0 saturated heterocycles. The molecule has 2 aromatic carbocycles. The van der Waals surface area contributed by atoms with Gasteiger partial charge in [0.25, 0.3) is 5.91 Å². The van der Waals surface area contributed by atoms with Crippen LogP contribution in [0, 0.1) is 0 Å². The molecule has 3 N–H and O–H groups in total. The van der Waals surface area contributed by atoms with Gasteiger partial charge in [0.15, 0.2) is 0 Å². The molecule has 0 radical (unpaired) electrons. The van der Waals surface area contributed by atoms with Crippen molar-refractivity contribution >= 4 is 12.1 Å². The molecule has 0 unspecified atom stereocenters. The van der Waals surface area contributed by atoms with Crippen molar-refractivity contribution in [2.45, 2.75) is 6.42 Å². The van der Waals surface area contributed by atoms with Crippen molar-refractivity contribution in [1.29, 1.82) is 0 Å². The minimum Gasteiger partial charge on any atom is -0.507 e. The Morgan fingerprint density at radius 2 is 1.95 bits per heavy atom. The predicted octanol–water partition coefficient (Wildman–Crippen LogP) is 2.59. The maximum Gasteiger partial charge on any atom is 0.275 e. The van der Waals surface area contributed by atoms with Gasteiger partial charge in [-0.05, 0) is 30.2 Å². The molecule has 5 nitrogen and oxygen atoms in total. The first kappa shape index (κ1) is 15.3. The number of nitrogens with zero attached hydrogens (tertiary/aromatic N) is 1. The van der Waals surface area contributed by atoms with Crippen LogP contribution in [0.3, 0.4) is 0 Å². The molecule has 0 heterocycles. The highest BCUT2D eigenvalue weighted by Crippen LogP contribution is 2.21. The smallest absolute Gasteiger partial charge is 0.275 e. The number of hydrazone groups is 1. The molecule has 0 bridgehead atoms. The monoisotopic (exact) mass is 296 g/mol. The average Bonchev–Trinajstić information content (AvgIpc) is 2.51. The third-order valence-electron chi connectivity index (χ3n) is 3.03. The lowest BCUT2D eigenvalue weighted by Gasteiger charge is -2.05. The lowest BCUT2D eigenvalue weighted by atomic mass is 10.1. The van der Waals surface area contributed by atoms with Gasteiger partial charge < -0.3 is 10.2 Å². The number of amides is 1. The largest absolute Gasteiger partial charge is 0.507 e. The quantitative estimate of drug-likeness (QED) is 0.450. The number of carbonyl (C=O) groups excluding carboxylic acids is 1. The zero-order chi connectivity index (χ0) is 15.9. The molecule has 0 aliphatic rings. The summed E-state index contributed by atoms with van der Waals surface area (Å²) in [6.45, 7) is 3.63. The Balaban J connectivity index is 2.10. The van der Waals surface area contributed by atoms with Crippen LogP contribution >= 0.6 is 0 Å². The molecule has 2 rings (SSSR count). The van der Waals surface area contributed by atoms with Crippen LogP contribution in [0.2, 0.25) is 0 Å². The van der Waals surface area contributed by atoms with Gasteiger partial charge >= 0.3 is 0 Å². The fraction of sp³-hybridized carbons (Fsp3) is 0.0588. The third-order valence-corrected chi connectivity index (χ3v) is 3.03. The molecule has 0 fully saturated rings. The molecule has 0 saturated carbocycles. The Kier molecular flexibility index (Phi) is 4.93.